The minimum absolute atomic E-state index is 0.167. The van der Waals surface area contributed by atoms with E-state index >= 15 is 0 Å². The van der Waals surface area contributed by atoms with Crippen molar-refractivity contribution >= 4 is 12.0 Å². The van der Waals surface area contributed by atoms with Crippen LogP contribution < -0.4 is 16.2 Å². The van der Waals surface area contributed by atoms with Crippen molar-refractivity contribution in [3.8, 4) is 0 Å². The van der Waals surface area contributed by atoms with Gasteiger partial charge in [0.2, 0.25) is 5.91 Å². The normalized spacial score (nSPS) is 12.0. The summed E-state index contributed by atoms with van der Waals surface area (Å²) in [5.74, 6) is -0.267. The van der Waals surface area contributed by atoms with Crippen molar-refractivity contribution in [1.29, 1.82) is 0 Å². The number of carbonyl (C=O) groups excluding carboxylic acids is 2. The van der Waals surface area contributed by atoms with Gasteiger partial charge >= 0.3 is 6.09 Å². The quantitative estimate of drug-likeness (QED) is 0.329. The van der Waals surface area contributed by atoms with E-state index in [0.29, 0.717) is 37.9 Å². The maximum absolute atomic E-state index is 12.9. The van der Waals surface area contributed by atoms with Gasteiger partial charge in [-0.15, -0.1) is 0 Å². The van der Waals surface area contributed by atoms with Gasteiger partial charge in [-0.2, -0.15) is 0 Å². The van der Waals surface area contributed by atoms with Gasteiger partial charge in [0.05, 0.1) is 5.69 Å². The van der Waals surface area contributed by atoms with Gasteiger partial charge in [0.1, 0.15) is 17.3 Å². The molecule has 3 aromatic rings. The number of hydrogen-bond donors (Lipinski definition) is 3. The number of nitrogens with one attached hydrogen (secondary N) is 3. The van der Waals surface area contributed by atoms with Crippen molar-refractivity contribution in [3.05, 3.63) is 99.2 Å². The molecule has 8 nitrogen and oxygen atoms in total. The van der Waals surface area contributed by atoms with Crippen molar-refractivity contribution < 1.29 is 14.3 Å². The Morgan fingerprint density at radius 3 is 2.24 bits per heavy atom. The molecule has 0 unspecified atom stereocenters. The summed E-state index contributed by atoms with van der Waals surface area (Å²) < 4.78 is 5.35. The average molecular weight is 519 g/mol. The van der Waals surface area contributed by atoms with Crippen LogP contribution in [0, 0.1) is 6.92 Å². The van der Waals surface area contributed by atoms with Crippen LogP contribution in [0.15, 0.2) is 65.5 Å². The highest BCUT2D eigenvalue weighted by Gasteiger charge is 2.24. The zero-order chi connectivity index (χ0) is 27.5. The molecule has 202 valence electrons. The first-order valence-corrected chi connectivity index (χ1v) is 13.0. The second-order valence-electron chi connectivity index (χ2n) is 10.4. The van der Waals surface area contributed by atoms with E-state index in [2.05, 4.69) is 20.6 Å². The highest BCUT2D eigenvalue weighted by Crippen LogP contribution is 2.10. The van der Waals surface area contributed by atoms with Gasteiger partial charge in [-0.1, -0.05) is 60.7 Å². The van der Waals surface area contributed by atoms with Crippen LogP contribution in [0.2, 0.25) is 0 Å². The topological polar surface area (TPSA) is 113 Å². The third-order valence-electron chi connectivity index (χ3n) is 5.92. The predicted molar refractivity (Wildman–Crippen MR) is 148 cm³/mol. The fourth-order valence-corrected chi connectivity index (χ4v) is 4.04. The van der Waals surface area contributed by atoms with Crippen molar-refractivity contribution in [2.45, 2.75) is 71.4 Å². The maximum Gasteiger partial charge on any atom is 0.408 e. The molecule has 38 heavy (non-hydrogen) atoms. The molecule has 0 aliphatic carbocycles. The van der Waals surface area contributed by atoms with Gasteiger partial charge in [0.15, 0.2) is 0 Å². The van der Waals surface area contributed by atoms with Crippen LogP contribution in [0.3, 0.4) is 0 Å². The number of H-pyrrole nitrogens is 1. The van der Waals surface area contributed by atoms with Crippen molar-refractivity contribution in [2.75, 3.05) is 6.54 Å². The molecular formula is C30H38N4O4. The van der Waals surface area contributed by atoms with E-state index in [-0.39, 0.29) is 11.5 Å². The lowest BCUT2D eigenvalue weighted by Gasteiger charge is -2.23. The summed E-state index contributed by atoms with van der Waals surface area (Å²) in [7, 11) is 0. The fraction of sp³-hybridized carbons (Fsp3) is 0.400. The number of aromatic nitrogens is 2. The zero-order valence-corrected chi connectivity index (χ0v) is 22.7. The second kappa shape index (κ2) is 13.6. The summed E-state index contributed by atoms with van der Waals surface area (Å²) >= 11 is 0. The highest BCUT2D eigenvalue weighted by molar-refractivity contribution is 5.86. The SMILES string of the molecule is Cc1nc(Cc2ccccc2)c(=O)[nH]c1CCCCNC(=O)[C@H](Cc1ccccc1)NC(=O)OC(C)(C)C. The molecule has 3 rings (SSSR count). The molecule has 1 aromatic heterocycles. The lowest BCUT2D eigenvalue weighted by molar-refractivity contribution is -0.123. The number of nitrogens with zero attached hydrogens (tertiary/aromatic N) is 1. The summed E-state index contributed by atoms with van der Waals surface area (Å²) in [6.45, 7) is 7.68. The summed E-state index contributed by atoms with van der Waals surface area (Å²) in [6.07, 6.45) is 2.34. The summed E-state index contributed by atoms with van der Waals surface area (Å²) in [5, 5.41) is 5.63. The maximum atomic E-state index is 12.9. The number of hydrogen-bond acceptors (Lipinski definition) is 5. The largest absolute Gasteiger partial charge is 0.444 e. The van der Waals surface area contributed by atoms with Crippen LogP contribution in [0.4, 0.5) is 4.79 Å². The number of unbranched alkanes of at least 4 members (excludes halogenated alkanes) is 1. The molecule has 0 saturated carbocycles. The highest BCUT2D eigenvalue weighted by atomic mass is 16.6. The van der Waals surface area contributed by atoms with E-state index in [4.69, 9.17) is 4.74 Å². The molecule has 0 radical (unpaired) electrons. The van der Waals surface area contributed by atoms with E-state index in [1.54, 1.807) is 20.8 Å². The first-order valence-electron chi connectivity index (χ1n) is 13.0. The third kappa shape index (κ3) is 9.50. The first kappa shape index (κ1) is 28.6. The number of amides is 2. The molecular weight excluding hydrogens is 480 g/mol. The number of aryl methyl sites for hydroxylation is 2. The zero-order valence-electron chi connectivity index (χ0n) is 22.7. The summed E-state index contributed by atoms with van der Waals surface area (Å²) in [5.41, 5.74) is 3.28. The molecule has 2 aromatic carbocycles. The van der Waals surface area contributed by atoms with Gasteiger partial charge in [0.25, 0.3) is 5.56 Å². The number of rotatable bonds is 11. The minimum Gasteiger partial charge on any atom is -0.444 e. The van der Waals surface area contributed by atoms with E-state index in [9.17, 15) is 14.4 Å². The van der Waals surface area contributed by atoms with Crippen LogP contribution in [0.5, 0.6) is 0 Å². The van der Waals surface area contributed by atoms with Crippen molar-refractivity contribution in [2.24, 2.45) is 0 Å². The van der Waals surface area contributed by atoms with Gasteiger partial charge in [-0.05, 0) is 58.1 Å². The van der Waals surface area contributed by atoms with Crippen molar-refractivity contribution in [3.63, 3.8) is 0 Å². The molecule has 1 heterocycles. The van der Waals surface area contributed by atoms with Crippen LogP contribution >= 0.6 is 0 Å². The molecule has 0 spiro atoms. The van der Waals surface area contributed by atoms with E-state index in [1.807, 2.05) is 67.6 Å². The number of aromatic amines is 1. The Labute approximate surface area is 224 Å². The standard InChI is InChI=1S/C30H38N4O4/c1-21-24(33-28(36)26(32-21)20-23-15-9-6-10-16-23)17-11-12-18-31-27(35)25(19-22-13-7-5-8-14-22)34-29(37)38-30(2,3)4/h5-10,13-16,25H,11-12,17-20H2,1-4H3,(H,31,35)(H,33,36)(H,34,37)/t25-/m0/s1. The lowest BCUT2D eigenvalue weighted by Crippen LogP contribution is -2.49. The van der Waals surface area contributed by atoms with Crippen LogP contribution in [0.1, 0.15) is 61.8 Å². The Kier molecular flexibility index (Phi) is 10.2. The van der Waals surface area contributed by atoms with Crippen molar-refractivity contribution in [1.82, 2.24) is 20.6 Å². The summed E-state index contributed by atoms with van der Waals surface area (Å²) in [6, 6.07) is 18.6. The second-order valence-corrected chi connectivity index (χ2v) is 10.4. The Bertz CT molecular complexity index is 1250. The van der Waals surface area contributed by atoms with Crippen LogP contribution in [-0.2, 0) is 28.8 Å². The smallest absolute Gasteiger partial charge is 0.408 e. The minimum atomic E-state index is -0.757. The number of carbonyl (C=O) groups is 2. The Hall–Kier alpha value is -3.94. The molecule has 0 aliphatic rings. The average Bonchev–Trinajstić information content (AvgIpc) is 2.86. The van der Waals surface area contributed by atoms with E-state index < -0.39 is 17.7 Å². The summed E-state index contributed by atoms with van der Waals surface area (Å²) in [4.78, 5) is 45.3. The van der Waals surface area contributed by atoms with Crippen LogP contribution in [-0.4, -0.2) is 40.2 Å². The Morgan fingerprint density at radius 1 is 0.974 bits per heavy atom. The third-order valence-corrected chi connectivity index (χ3v) is 5.92. The fourth-order valence-electron chi connectivity index (χ4n) is 4.04. The van der Waals surface area contributed by atoms with Gasteiger partial charge in [-0.3, -0.25) is 14.6 Å². The lowest BCUT2D eigenvalue weighted by atomic mass is 10.1. The molecule has 3 N–H and O–H groups in total. The predicted octanol–water partition coefficient (Wildman–Crippen LogP) is 4.24. The van der Waals surface area contributed by atoms with E-state index in [1.165, 1.54) is 0 Å². The van der Waals surface area contributed by atoms with Gasteiger partial charge in [-0.25, -0.2) is 4.79 Å². The molecule has 1 atom stereocenters. The van der Waals surface area contributed by atoms with Gasteiger partial charge in [0, 0.05) is 25.1 Å². The molecule has 0 bridgehead atoms. The van der Waals surface area contributed by atoms with Gasteiger partial charge < -0.3 is 20.4 Å². The Balaban J connectivity index is 1.51. The molecule has 0 saturated heterocycles. The molecule has 0 fully saturated rings. The molecule has 0 aliphatic heterocycles. The van der Waals surface area contributed by atoms with Crippen LogP contribution in [0.25, 0.3) is 0 Å². The monoisotopic (exact) mass is 518 g/mol. The number of alkyl carbamates (subject to hydrolysis) is 1. The number of benzene rings is 2. The van der Waals surface area contributed by atoms with E-state index in [0.717, 1.165) is 28.9 Å². The number of ether oxygens (including phenoxy) is 1. The first-order chi connectivity index (χ1) is 18.1. The molecule has 8 heteroatoms. The Morgan fingerprint density at radius 2 is 1.61 bits per heavy atom. The molecule has 2 amide bonds.